The van der Waals surface area contributed by atoms with Crippen molar-refractivity contribution in [2.24, 2.45) is 45.8 Å². The molecule has 0 heterocycles. The average molecular weight is 441 g/mol. The first-order chi connectivity index (χ1) is 14.0. The van der Waals surface area contributed by atoms with Gasteiger partial charge >= 0.3 is 0 Å². The Balaban J connectivity index is 4.89. The highest BCUT2D eigenvalue weighted by Gasteiger charge is 2.42. The molecule has 0 bridgehead atoms. The zero-order valence-electron chi connectivity index (χ0n) is 24.0. The fourth-order valence-electron chi connectivity index (χ4n) is 6.13. The van der Waals surface area contributed by atoms with E-state index >= 15 is 4.39 Å². The first kappa shape index (κ1) is 30.9. The first-order valence-electron chi connectivity index (χ1n) is 13.7. The van der Waals surface area contributed by atoms with E-state index in [0.29, 0.717) is 5.41 Å². The highest BCUT2D eigenvalue weighted by molar-refractivity contribution is 4.91. The third-order valence-corrected chi connectivity index (χ3v) is 8.90. The SMILES string of the molecule is CCCC(C)(CCCCC(C)(C)CC(C)C(C)C(C)C(C)C)C(F)C(CC)C(C)(C)C. The van der Waals surface area contributed by atoms with Crippen LogP contribution in [0.15, 0.2) is 0 Å². The summed E-state index contributed by atoms with van der Waals surface area (Å²) >= 11 is 0. The van der Waals surface area contributed by atoms with Gasteiger partial charge in [0.05, 0.1) is 0 Å². The quantitative estimate of drug-likeness (QED) is 0.222. The van der Waals surface area contributed by atoms with Crippen molar-refractivity contribution in [2.45, 2.75) is 148 Å². The van der Waals surface area contributed by atoms with Crippen LogP contribution in [0.2, 0.25) is 0 Å². The van der Waals surface area contributed by atoms with Crippen molar-refractivity contribution in [2.75, 3.05) is 0 Å². The van der Waals surface area contributed by atoms with Crippen LogP contribution < -0.4 is 0 Å². The van der Waals surface area contributed by atoms with Crippen LogP contribution in [-0.4, -0.2) is 6.17 Å². The highest BCUT2D eigenvalue weighted by Crippen LogP contribution is 2.46. The van der Waals surface area contributed by atoms with Crippen molar-refractivity contribution >= 4 is 0 Å². The molecule has 0 N–H and O–H groups in total. The molecule has 31 heavy (non-hydrogen) atoms. The smallest absolute Gasteiger partial charge is 0.109 e. The van der Waals surface area contributed by atoms with Crippen LogP contribution in [0.25, 0.3) is 0 Å². The molecule has 1 heteroatoms. The van der Waals surface area contributed by atoms with E-state index in [1.54, 1.807) is 0 Å². The molecule has 0 amide bonds. The Kier molecular flexibility index (Phi) is 13.0. The van der Waals surface area contributed by atoms with Gasteiger partial charge < -0.3 is 0 Å². The van der Waals surface area contributed by atoms with Crippen molar-refractivity contribution in [1.82, 2.24) is 0 Å². The van der Waals surface area contributed by atoms with E-state index in [9.17, 15) is 0 Å². The minimum absolute atomic E-state index is 0.0329. The number of halogens is 1. The molecule has 188 valence electrons. The van der Waals surface area contributed by atoms with Crippen LogP contribution in [0.3, 0.4) is 0 Å². The topological polar surface area (TPSA) is 0 Å². The number of hydrogen-bond acceptors (Lipinski definition) is 0. The maximum Gasteiger partial charge on any atom is 0.109 e. The van der Waals surface area contributed by atoms with Crippen molar-refractivity contribution in [3.8, 4) is 0 Å². The largest absolute Gasteiger partial charge is 0.247 e. The molecule has 6 unspecified atom stereocenters. The van der Waals surface area contributed by atoms with Gasteiger partial charge in [0.1, 0.15) is 6.17 Å². The summed E-state index contributed by atoms with van der Waals surface area (Å²) in [6, 6.07) is 0. The van der Waals surface area contributed by atoms with Crippen molar-refractivity contribution in [1.29, 1.82) is 0 Å². The van der Waals surface area contributed by atoms with Gasteiger partial charge in [-0.05, 0) is 71.5 Å². The van der Waals surface area contributed by atoms with Crippen LogP contribution in [0.4, 0.5) is 4.39 Å². The predicted molar refractivity (Wildman–Crippen MR) is 140 cm³/mol. The Hall–Kier alpha value is -0.0700. The molecular weight excluding hydrogens is 379 g/mol. The average Bonchev–Trinajstić information content (AvgIpc) is 2.63. The lowest BCUT2D eigenvalue weighted by molar-refractivity contribution is 0.000295. The number of hydrogen-bond donors (Lipinski definition) is 0. The maximum absolute atomic E-state index is 15.9. The summed E-state index contributed by atoms with van der Waals surface area (Å²) in [4.78, 5) is 0. The lowest BCUT2D eigenvalue weighted by Crippen LogP contribution is -2.40. The molecule has 0 aliphatic rings. The Bertz CT molecular complexity index is 471. The Labute approximate surface area is 197 Å². The molecule has 0 spiro atoms. The maximum atomic E-state index is 15.9. The van der Waals surface area contributed by atoms with E-state index in [2.05, 4.69) is 90.0 Å². The Morgan fingerprint density at radius 3 is 1.65 bits per heavy atom. The van der Waals surface area contributed by atoms with E-state index < -0.39 is 6.17 Å². The summed E-state index contributed by atoms with van der Waals surface area (Å²) in [6.07, 6.45) is 8.28. The van der Waals surface area contributed by atoms with Gasteiger partial charge in [0.2, 0.25) is 0 Å². The van der Waals surface area contributed by atoms with Gasteiger partial charge in [-0.15, -0.1) is 0 Å². The van der Waals surface area contributed by atoms with Gasteiger partial charge in [-0.3, -0.25) is 0 Å². The second-order valence-electron chi connectivity index (χ2n) is 13.7. The summed E-state index contributed by atoms with van der Waals surface area (Å²) in [7, 11) is 0. The molecular formula is C30H61F. The normalized spacial score (nSPS) is 20.2. The fraction of sp³-hybridized carbons (Fsp3) is 1.00. The van der Waals surface area contributed by atoms with Crippen LogP contribution in [0.5, 0.6) is 0 Å². The molecule has 0 nitrogen and oxygen atoms in total. The van der Waals surface area contributed by atoms with Gasteiger partial charge in [0, 0.05) is 0 Å². The van der Waals surface area contributed by atoms with E-state index in [0.717, 1.165) is 55.8 Å². The molecule has 0 rings (SSSR count). The summed E-state index contributed by atoms with van der Waals surface area (Å²) in [5, 5.41) is 0. The van der Waals surface area contributed by atoms with Crippen LogP contribution >= 0.6 is 0 Å². The first-order valence-corrected chi connectivity index (χ1v) is 13.7. The molecule has 0 radical (unpaired) electrons. The van der Waals surface area contributed by atoms with Gasteiger partial charge in [-0.1, -0.05) is 116 Å². The number of alkyl halides is 1. The fourth-order valence-corrected chi connectivity index (χ4v) is 6.13. The molecule has 0 aliphatic carbocycles. The molecule has 0 aromatic rings. The van der Waals surface area contributed by atoms with Crippen LogP contribution in [0.1, 0.15) is 141 Å². The van der Waals surface area contributed by atoms with Crippen LogP contribution in [0, 0.1) is 45.8 Å². The minimum atomic E-state index is -0.705. The summed E-state index contributed by atoms with van der Waals surface area (Å²) in [6.45, 7) is 30.2. The molecule has 6 atom stereocenters. The third-order valence-electron chi connectivity index (χ3n) is 8.90. The standard InChI is InChI=1S/C30H61F/c1-14-18-30(13,27(31)26(15-2)28(8,9)10)20-17-16-19-29(11,12)21-23(5)25(7)24(6)22(3)4/h22-27H,14-21H2,1-13H3. The van der Waals surface area contributed by atoms with E-state index in [4.69, 9.17) is 0 Å². The zero-order valence-corrected chi connectivity index (χ0v) is 24.0. The summed E-state index contributed by atoms with van der Waals surface area (Å²) < 4.78 is 15.9. The van der Waals surface area contributed by atoms with Crippen molar-refractivity contribution in [3.63, 3.8) is 0 Å². The second-order valence-corrected chi connectivity index (χ2v) is 13.7. The van der Waals surface area contributed by atoms with Gasteiger partial charge in [0.25, 0.3) is 0 Å². The molecule has 0 saturated heterocycles. The third kappa shape index (κ3) is 10.2. The van der Waals surface area contributed by atoms with Gasteiger partial charge in [-0.25, -0.2) is 4.39 Å². The van der Waals surface area contributed by atoms with Crippen molar-refractivity contribution in [3.05, 3.63) is 0 Å². The molecule has 0 aromatic heterocycles. The minimum Gasteiger partial charge on any atom is -0.247 e. The molecule has 0 aliphatic heterocycles. The van der Waals surface area contributed by atoms with E-state index in [1.165, 1.54) is 19.3 Å². The Morgan fingerprint density at radius 2 is 1.23 bits per heavy atom. The molecule has 0 aromatic carbocycles. The monoisotopic (exact) mass is 440 g/mol. The lowest BCUT2D eigenvalue weighted by atomic mass is 9.65. The summed E-state index contributed by atoms with van der Waals surface area (Å²) in [5.74, 6) is 3.19. The highest BCUT2D eigenvalue weighted by atomic mass is 19.1. The van der Waals surface area contributed by atoms with Crippen LogP contribution in [-0.2, 0) is 0 Å². The van der Waals surface area contributed by atoms with Gasteiger partial charge in [-0.2, -0.15) is 0 Å². The zero-order chi connectivity index (χ0) is 24.6. The Morgan fingerprint density at radius 1 is 0.710 bits per heavy atom. The van der Waals surface area contributed by atoms with Gasteiger partial charge in [0.15, 0.2) is 0 Å². The lowest BCUT2D eigenvalue weighted by Gasteiger charge is -2.42. The van der Waals surface area contributed by atoms with E-state index in [1.807, 2.05) is 0 Å². The summed E-state index contributed by atoms with van der Waals surface area (Å²) in [5.41, 5.74) is 0.227. The van der Waals surface area contributed by atoms with Crippen molar-refractivity contribution < 1.29 is 4.39 Å². The second kappa shape index (κ2) is 13.0. The molecule has 0 saturated carbocycles. The molecule has 0 fully saturated rings. The predicted octanol–water partition coefficient (Wildman–Crippen LogP) is 10.7. The number of unbranched alkanes of at least 4 members (excludes halogenated alkanes) is 1. The van der Waals surface area contributed by atoms with E-state index in [-0.39, 0.29) is 16.7 Å². The number of rotatable bonds is 15.